The van der Waals surface area contributed by atoms with Crippen LogP contribution in [0.4, 0.5) is 16.4 Å². The van der Waals surface area contributed by atoms with Gasteiger partial charge in [0.1, 0.15) is 6.10 Å². The minimum atomic E-state index is -0.477. The third kappa shape index (κ3) is 2.72. The van der Waals surface area contributed by atoms with E-state index in [0.717, 1.165) is 6.42 Å². The molecule has 0 saturated carbocycles. The molecule has 1 atom stereocenters. The van der Waals surface area contributed by atoms with Gasteiger partial charge in [-0.3, -0.25) is 9.69 Å². The summed E-state index contributed by atoms with van der Waals surface area (Å²) in [6, 6.07) is 0. The lowest BCUT2D eigenvalue weighted by Gasteiger charge is -2.18. The monoisotopic (exact) mass is 293 g/mol. The predicted octanol–water partition coefficient (Wildman–Crippen LogP) is -0.128. The summed E-state index contributed by atoms with van der Waals surface area (Å²) in [5.74, 6) is 0.464. The molecule has 0 spiro atoms. The smallest absolute Gasteiger partial charge is 0.415 e. The minimum Gasteiger partial charge on any atom is -0.465 e. The van der Waals surface area contributed by atoms with Crippen molar-refractivity contribution in [3.8, 4) is 5.88 Å². The van der Waals surface area contributed by atoms with Crippen molar-refractivity contribution in [1.29, 1.82) is 0 Å². The molecule has 1 aromatic rings. The first-order valence-electron chi connectivity index (χ1n) is 6.65. The van der Waals surface area contributed by atoms with E-state index in [-0.39, 0.29) is 30.3 Å². The number of nitrogens with one attached hydrogen (secondary N) is 1. The number of carbonyl (C=O) groups is 2. The fourth-order valence-electron chi connectivity index (χ4n) is 2.19. The first-order valence-corrected chi connectivity index (χ1v) is 6.65. The standard InChI is InChI=1S/C12H15N5O4/c13-3-1-2-7-5-17(12(19)21-7)8-4-14-11-10(15-8)16-9(18)6-20-11/h4,7H,1-3,5-6,13H2,(H,15,16,18). The van der Waals surface area contributed by atoms with Gasteiger partial charge in [-0.05, 0) is 19.4 Å². The van der Waals surface area contributed by atoms with Crippen LogP contribution in [0.15, 0.2) is 6.20 Å². The van der Waals surface area contributed by atoms with Crippen molar-refractivity contribution in [3.05, 3.63) is 6.20 Å². The predicted molar refractivity (Wildman–Crippen MR) is 72.1 cm³/mol. The van der Waals surface area contributed by atoms with Crippen molar-refractivity contribution in [2.75, 3.05) is 29.9 Å². The first kappa shape index (κ1) is 13.6. The lowest BCUT2D eigenvalue weighted by atomic mass is 10.2. The summed E-state index contributed by atoms with van der Waals surface area (Å²) in [5.41, 5.74) is 5.45. The molecule has 3 rings (SSSR count). The van der Waals surface area contributed by atoms with Gasteiger partial charge >= 0.3 is 6.09 Å². The van der Waals surface area contributed by atoms with Gasteiger partial charge in [0.2, 0.25) is 0 Å². The van der Waals surface area contributed by atoms with Crippen molar-refractivity contribution in [2.45, 2.75) is 18.9 Å². The Morgan fingerprint density at radius 2 is 2.33 bits per heavy atom. The molecule has 9 nitrogen and oxygen atoms in total. The van der Waals surface area contributed by atoms with Crippen LogP contribution in [-0.4, -0.2) is 47.8 Å². The summed E-state index contributed by atoms with van der Waals surface area (Å²) in [7, 11) is 0. The zero-order valence-corrected chi connectivity index (χ0v) is 11.2. The molecule has 0 aliphatic carbocycles. The Morgan fingerprint density at radius 3 is 3.14 bits per heavy atom. The van der Waals surface area contributed by atoms with E-state index < -0.39 is 6.09 Å². The number of aromatic nitrogens is 2. The van der Waals surface area contributed by atoms with E-state index in [9.17, 15) is 9.59 Å². The molecule has 1 aromatic heterocycles. The molecule has 3 heterocycles. The Bertz CT molecular complexity index is 579. The maximum Gasteiger partial charge on any atom is 0.415 e. The molecule has 9 heteroatoms. The molecule has 112 valence electrons. The number of anilines is 2. The molecule has 21 heavy (non-hydrogen) atoms. The van der Waals surface area contributed by atoms with Crippen LogP contribution in [0.3, 0.4) is 0 Å². The SMILES string of the molecule is NCCCC1CN(c2cnc3c(n2)NC(=O)CO3)C(=O)O1. The van der Waals surface area contributed by atoms with Crippen molar-refractivity contribution in [1.82, 2.24) is 9.97 Å². The minimum absolute atomic E-state index is 0.0893. The van der Waals surface area contributed by atoms with Gasteiger partial charge in [-0.25, -0.2) is 14.8 Å². The Balaban J connectivity index is 1.76. The van der Waals surface area contributed by atoms with Crippen LogP contribution in [0, 0.1) is 0 Å². The van der Waals surface area contributed by atoms with E-state index in [1.807, 2.05) is 0 Å². The van der Waals surface area contributed by atoms with Crippen molar-refractivity contribution in [2.24, 2.45) is 5.73 Å². The summed E-state index contributed by atoms with van der Waals surface area (Å²) in [5, 5.41) is 2.55. The first-order chi connectivity index (χ1) is 10.2. The summed E-state index contributed by atoms with van der Waals surface area (Å²) in [6.07, 6.45) is 2.23. The summed E-state index contributed by atoms with van der Waals surface area (Å²) < 4.78 is 10.4. The van der Waals surface area contributed by atoms with E-state index in [1.54, 1.807) is 0 Å². The number of nitrogens with zero attached hydrogens (tertiary/aromatic N) is 3. The van der Waals surface area contributed by atoms with Gasteiger partial charge in [-0.1, -0.05) is 0 Å². The normalized spacial score (nSPS) is 20.6. The highest BCUT2D eigenvalue weighted by molar-refractivity contribution is 5.94. The van der Waals surface area contributed by atoms with Gasteiger partial charge in [0.25, 0.3) is 11.8 Å². The Hall–Kier alpha value is -2.42. The lowest BCUT2D eigenvalue weighted by molar-refractivity contribution is -0.118. The molecule has 1 saturated heterocycles. The van der Waals surface area contributed by atoms with E-state index in [4.69, 9.17) is 15.2 Å². The van der Waals surface area contributed by atoms with Gasteiger partial charge in [0.15, 0.2) is 18.2 Å². The third-order valence-electron chi connectivity index (χ3n) is 3.20. The van der Waals surface area contributed by atoms with Gasteiger partial charge in [-0.15, -0.1) is 0 Å². The van der Waals surface area contributed by atoms with E-state index in [1.165, 1.54) is 11.1 Å². The largest absolute Gasteiger partial charge is 0.465 e. The summed E-state index contributed by atoms with van der Waals surface area (Å²) in [4.78, 5) is 32.8. The average Bonchev–Trinajstić information content (AvgIpc) is 2.85. The number of carbonyl (C=O) groups excluding carboxylic acids is 2. The fourth-order valence-corrected chi connectivity index (χ4v) is 2.19. The molecular formula is C12H15N5O4. The van der Waals surface area contributed by atoms with Gasteiger partial charge in [0.05, 0.1) is 12.7 Å². The van der Waals surface area contributed by atoms with Crippen molar-refractivity contribution < 1.29 is 19.1 Å². The van der Waals surface area contributed by atoms with E-state index in [0.29, 0.717) is 25.3 Å². The van der Waals surface area contributed by atoms with Crippen LogP contribution >= 0.6 is 0 Å². The van der Waals surface area contributed by atoms with Crippen molar-refractivity contribution >= 4 is 23.6 Å². The Kier molecular flexibility index (Phi) is 3.57. The van der Waals surface area contributed by atoms with Crippen LogP contribution in [0.5, 0.6) is 5.88 Å². The van der Waals surface area contributed by atoms with Crippen LogP contribution < -0.4 is 20.7 Å². The number of hydrogen-bond acceptors (Lipinski definition) is 7. The van der Waals surface area contributed by atoms with Crippen molar-refractivity contribution in [3.63, 3.8) is 0 Å². The summed E-state index contributed by atoms with van der Waals surface area (Å²) >= 11 is 0. The number of rotatable bonds is 4. The maximum atomic E-state index is 11.9. The molecule has 0 radical (unpaired) electrons. The van der Waals surface area contributed by atoms with Gasteiger partial charge in [-0.2, -0.15) is 0 Å². The highest BCUT2D eigenvalue weighted by atomic mass is 16.6. The topological polar surface area (TPSA) is 120 Å². The zero-order chi connectivity index (χ0) is 14.8. The number of fused-ring (bicyclic) bond motifs is 1. The highest BCUT2D eigenvalue weighted by Crippen LogP contribution is 2.27. The van der Waals surface area contributed by atoms with Crippen LogP contribution in [0.2, 0.25) is 0 Å². The molecule has 2 aliphatic rings. The fraction of sp³-hybridized carbons (Fsp3) is 0.500. The second-order valence-corrected chi connectivity index (χ2v) is 4.77. The maximum absolute atomic E-state index is 11.9. The molecular weight excluding hydrogens is 278 g/mol. The van der Waals surface area contributed by atoms with Gasteiger partial charge < -0.3 is 20.5 Å². The highest BCUT2D eigenvalue weighted by Gasteiger charge is 2.33. The Morgan fingerprint density at radius 1 is 1.48 bits per heavy atom. The molecule has 1 unspecified atom stereocenters. The average molecular weight is 293 g/mol. The number of hydrogen-bond donors (Lipinski definition) is 2. The van der Waals surface area contributed by atoms with Gasteiger partial charge in [0, 0.05) is 0 Å². The zero-order valence-electron chi connectivity index (χ0n) is 11.2. The second-order valence-electron chi connectivity index (χ2n) is 4.77. The van der Waals surface area contributed by atoms with Crippen LogP contribution in [0.1, 0.15) is 12.8 Å². The lowest BCUT2D eigenvalue weighted by Crippen LogP contribution is -2.29. The third-order valence-corrected chi connectivity index (χ3v) is 3.20. The van der Waals surface area contributed by atoms with E-state index in [2.05, 4.69) is 15.3 Å². The number of ether oxygens (including phenoxy) is 2. The number of amides is 2. The second kappa shape index (κ2) is 5.52. The molecule has 3 N–H and O–H groups in total. The van der Waals surface area contributed by atoms with Crippen LogP contribution in [0.25, 0.3) is 0 Å². The molecule has 2 aliphatic heterocycles. The Labute approximate surface area is 120 Å². The summed E-state index contributed by atoms with van der Waals surface area (Å²) in [6.45, 7) is 0.852. The number of nitrogens with two attached hydrogens (primary N) is 1. The van der Waals surface area contributed by atoms with E-state index >= 15 is 0 Å². The molecule has 0 bridgehead atoms. The molecule has 0 aromatic carbocycles. The quantitative estimate of drug-likeness (QED) is 0.793. The molecule has 1 fully saturated rings. The molecule has 2 amide bonds. The number of cyclic esters (lactones) is 1. The van der Waals surface area contributed by atoms with Crippen LogP contribution in [-0.2, 0) is 9.53 Å².